The molecule has 5 heteroatoms. The van der Waals surface area contributed by atoms with E-state index < -0.39 is 5.60 Å². The van der Waals surface area contributed by atoms with Crippen LogP contribution in [0.1, 0.15) is 50.7 Å². The number of halogens is 1. The standard InChI is InChI=1S/C18H23ClN2O2/c1-18(2,3)23-17(22)21-10-7-14(8-11-21)15-5-4-13(6-9-20)12-16(15)19/h4-5,12,14H,6-8,10-11H2,1-3H3. The first-order chi connectivity index (χ1) is 10.8. The minimum absolute atomic E-state index is 0.244. The number of carbonyl (C=O) groups excluding carboxylic acids is 1. The molecule has 23 heavy (non-hydrogen) atoms. The van der Waals surface area contributed by atoms with Gasteiger partial charge in [0, 0.05) is 18.1 Å². The van der Waals surface area contributed by atoms with Crippen LogP contribution in [0.2, 0.25) is 5.02 Å². The zero-order valence-electron chi connectivity index (χ0n) is 13.9. The van der Waals surface area contributed by atoms with Crippen LogP contribution in [0.15, 0.2) is 18.2 Å². The fourth-order valence-corrected chi connectivity index (χ4v) is 3.16. The van der Waals surface area contributed by atoms with E-state index in [1.807, 2.05) is 39.0 Å². The number of benzene rings is 1. The highest BCUT2D eigenvalue weighted by Gasteiger charge is 2.28. The minimum Gasteiger partial charge on any atom is -0.444 e. The fourth-order valence-electron chi connectivity index (χ4n) is 2.80. The summed E-state index contributed by atoms with van der Waals surface area (Å²) in [6.07, 6.45) is 1.87. The van der Waals surface area contributed by atoms with Crippen molar-refractivity contribution < 1.29 is 9.53 Å². The molecule has 0 spiro atoms. The topological polar surface area (TPSA) is 53.3 Å². The Morgan fingerprint density at radius 1 is 1.39 bits per heavy atom. The maximum atomic E-state index is 12.1. The van der Waals surface area contributed by atoms with E-state index in [0.717, 1.165) is 24.0 Å². The van der Waals surface area contributed by atoms with Crippen molar-refractivity contribution in [1.82, 2.24) is 4.90 Å². The number of carbonyl (C=O) groups is 1. The van der Waals surface area contributed by atoms with Gasteiger partial charge >= 0.3 is 6.09 Å². The Balaban J connectivity index is 1.97. The number of amides is 1. The molecule has 0 radical (unpaired) electrons. The first-order valence-corrected chi connectivity index (χ1v) is 8.31. The molecule has 2 rings (SSSR count). The third-order valence-electron chi connectivity index (χ3n) is 3.93. The van der Waals surface area contributed by atoms with Gasteiger partial charge in [0.15, 0.2) is 0 Å². The van der Waals surface area contributed by atoms with E-state index in [0.29, 0.717) is 30.5 Å². The fraction of sp³-hybridized carbons (Fsp3) is 0.556. The van der Waals surface area contributed by atoms with Crippen LogP contribution in [-0.2, 0) is 11.2 Å². The monoisotopic (exact) mass is 334 g/mol. The summed E-state index contributed by atoms with van der Waals surface area (Å²) in [5, 5.41) is 9.46. The van der Waals surface area contributed by atoms with Crippen LogP contribution in [0.25, 0.3) is 0 Å². The van der Waals surface area contributed by atoms with E-state index in [2.05, 4.69) is 6.07 Å². The van der Waals surface area contributed by atoms with Crippen LogP contribution in [0.4, 0.5) is 4.79 Å². The maximum Gasteiger partial charge on any atom is 0.410 e. The van der Waals surface area contributed by atoms with Gasteiger partial charge in [0.25, 0.3) is 0 Å². The smallest absolute Gasteiger partial charge is 0.410 e. The van der Waals surface area contributed by atoms with Crippen LogP contribution >= 0.6 is 11.6 Å². The van der Waals surface area contributed by atoms with Gasteiger partial charge < -0.3 is 9.64 Å². The Morgan fingerprint density at radius 2 is 2.04 bits per heavy atom. The molecule has 0 saturated carbocycles. The summed E-state index contributed by atoms with van der Waals surface area (Å²) in [6.45, 7) is 6.98. The van der Waals surface area contributed by atoms with E-state index in [-0.39, 0.29) is 6.09 Å². The molecule has 0 unspecified atom stereocenters. The largest absolute Gasteiger partial charge is 0.444 e. The van der Waals surface area contributed by atoms with Crippen molar-refractivity contribution in [3.63, 3.8) is 0 Å². The van der Waals surface area contributed by atoms with Gasteiger partial charge in [-0.25, -0.2) is 4.79 Å². The molecule has 1 aliphatic heterocycles. The Labute approximate surface area is 143 Å². The lowest BCUT2D eigenvalue weighted by Crippen LogP contribution is -2.41. The lowest BCUT2D eigenvalue weighted by atomic mass is 9.89. The van der Waals surface area contributed by atoms with Gasteiger partial charge in [-0.1, -0.05) is 23.7 Å². The quantitative estimate of drug-likeness (QED) is 0.799. The number of hydrogen-bond acceptors (Lipinski definition) is 3. The summed E-state index contributed by atoms with van der Waals surface area (Å²) in [6, 6.07) is 7.99. The first-order valence-electron chi connectivity index (χ1n) is 7.93. The van der Waals surface area contributed by atoms with Crippen molar-refractivity contribution >= 4 is 17.7 Å². The molecular weight excluding hydrogens is 312 g/mol. The second-order valence-electron chi connectivity index (χ2n) is 6.93. The summed E-state index contributed by atoms with van der Waals surface area (Å²) in [5.74, 6) is 0.345. The van der Waals surface area contributed by atoms with Crippen molar-refractivity contribution in [3.05, 3.63) is 34.3 Å². The molecule has 124 valence electrons. The minimum atomic E-state index is -0.464. The summed E-state index contributed by atoms with van der Waals surface area (Å²) in [7, 11) is 0. The van der Waals surface area contributed by atoms with E-state index in [1.54, 1.807) is 4.90 Å². The average molecular weight is 335 g/mol. The van der Waals surface area contributed by atoms with Crippen molar-refractivity contribution in [1.29, 1.82) is 5.26 Å². The SMILES string of the molecule is CC(C)(C)OC(=O)N1CCC(c2ccc(CC#N)cc2Cl)CC1. The van der Waals surface area contributed by atoms with Crippen LogP contribution in [-0.4, -0.2) is 29.7 Å². The molecule has 1 amide bonds. The Kier molecular flexibility index (Phi) is 5.54. The van der Waals surface area contributed by atoms with E-state index in [1.165, 1.54) is 0 Å². The van der Waals surface area contributed by atoms with Crippen LogP contribution in [0, 0.1) is 11.3 Å². The predicted molar refractivity (Wildman–Crippen MR) is 90.6 cm³/mol. The number of nitriles is 1. The summed E-state index contributed by atoms with van der Waals surface area (Å²) in [4.78, 5) is 13.9. The number of hydrogen-bond donors (Lipinski definition) is 0. The second kappa shape index (κ2) is 7.23. The highest BCUT2D eigenvalue weighted by molar-refractivity contribution is 6.31. The van der Waals surface area contributed by atoms with Crippen LogP contribution < -0.4 is 0 Å². The van der Waals surface area contributed by atoms with Gasteiger partial charge in [0.2, 0.25) is 0 Å². The van der Waals surface area contributed by atoms with Gasteiger partial charge in [0.1, 0.15) is 5.60 Å². The summed E-state index contributed by atoms with van der Waals surface area (Å²) < 4.78 is 5.41. The molecule has 0 atom stereocenters. The molecule has 0 bridgehead atoms. The molecular formula is C18H23ClN2O2. The molecule has 0 N–H and O–H groups in total. The van der Waals surface area contributed by atoms with Gasteiger partial charge in [-0.3, -0.25) is 0 Å². The van der Waals surface area contributed by atoms with E-state index >= 15 is 0 Å². The average Bonchev–Trinajstić information content (AvgIpc) is 2.46. The molecule has 0 aromatic heterocycles. The molecule has 1 aromatic carbocycles. The Morgan fingerprint density at radius 3 is 2.57 bits per heavy atom. The lowest BCUT2D eigenvalue weighted by molar-refractivity contribution is 0.0205. The second-order valence-corrected chi connectivity index (χ2v) is 7.34. The predicted octanol–water partition coefficient (Wildman–Crippen LogP) is 4.52. The molecule has 1 saturated heterocycles. The van der Waals surface area contributed by atoms with Crippen molar-refractivity contribution in [3.8, 4) is 6.07 Å². The molecule has 1 aromatic rings. The van der Waals surface area contributed by atoms with Crippen LogP contribution in [0.3, 0.4) is 0 Å². The summed E-state index contributed by atoms with van der Waals surface area (Å²) in [5.41, 5.74) is 1.58. The zero-order chi connectivity index (χ0) is 17.0. The molecule has 1 aliphatic rings. The lowest BCUT2D eigenvalue weighted by Gasteiger charge is -2.34. The molecule has 4 nitrogen and oxygen atoms in total. The van der Waals surface area contributed by atoms with Crippen molar-refractivity contribution in [2.75, 3.05) is 13.1 Å². The van der Waals surface area contributed by atoms with Crippen LogP contribution in [0.5, 0.6) is 0 Å². The van der Waals surface area contributed by atoms with Gasteiger partial charge in [-0.05, 0) is 56.7 Å². The molecule has 1 fully saturated rings. The summed E-state index contributed by atoms with van der Waals surface area (Å²) >= 11 is 6.37. The number of piperidine rings is 1. The number of rotatable bonds is 2. The van der Waals surface area contributed by atoms with Crippen molar-refractivity contribution in [2.45, 2.75) is 51.6 Å². The number of ether oxygens (including phenoxy) is 1. The van der Waals surface area contributed by atoms with Gasteiger partial charge in [-0.2, -0.15) is 5.26 Å². The zero-order valence-corrected chi connectivity index (χ0v) is 14.7. The molecule has 1 heterocycles. The Bertz CT molecular complexity index is 608. The normalized spacial score (nSPS) is 16.0. The maximum absolute atomic E-state index is 12.1. The number of likely N-dealkylation sites (tertiary alicyclic amines) is 1. The molecule has 0 aliphatic carbocycles. The van der Waals surface area contributed by atoms with E-state index in [9.17, 15) is 4.79 Å². The van der Waals surface area contributed by atoms with E-state index in [4.69, 9.17) is 21.6 Å². The van der Waals surface area contributed by atoms with Crippen molar-refractivity contribution in [2.24, 2.45) is 0 Å². The third kappa shape index (κ3) is 4.87. The Hall–Kier alpha value is -1.73. The highest BCUT2D eigenvalue weighted by atomic mass is 35.5. The first kappa shape index (κ1) is 17.6. The van der Waals surface area contributed by atoms with Gasteiger partial charge in [-0.15, -0.1) is 0 Å². The third-order valence-corrected chi connectivity index (χ3v) is 4.26. The van der Waals surface area contributed by atoms with Gasteiger partial charge in [0.05, 0.1) is 12.5 Å². The highest BCUT2D eigenvalue weighted by Crippen LogP contribution is 2.33. The number of nitrogens with zero attached hydrogens (tertiary/aromatic N) is 2.